The van der Waals surface area contributed by atoms with E-state index >= 15 is 0 Å². The second kappa shape index (κ2) is 6.28. The molecule has 0 amide bonds. The zero-order valence-electron chi connectivity index (χ0n) is 12.5. The molecule has 1 N–H and O–H groups in total. The molecule has 0 spiro atoms. The molecule has 1 unspecified atom stereocenters. The van der Waals surface area contributed by atoms with Crippen molar-refractivity contribution in [3.8, 4) is 0 Å². The third-order valence-electron chi connectivity index (χ3n) is 4.55. The number of hydrogen-bond donors (Lipinski definition) is 1. The Balaban J connectivity index is 1.88. The van der Waals surface area contributed by atoms with Gasteiger partial charge in [0.25, 0.3) is 0 Å². The maximum Gasteiger partial charge on any atom is 0.0474 e. The minimum atomic E-state index is 0.0481. The largest absolute Gasteiger partial charge is 0.303 e. The van der Waals surface area contributed by atoms with Gasteiger partial charge in [-0.15, -0.1) is 6.58 Å². The lowest BCUT2D eigenvalue weighted by atomic mass is 9.74. The lowest BCUT2D eigenvalue weighted by molar-refractivity contribution is 0.284. The number of hydrogen-bond acceptors (Lipinski definition) is 1. The van der Waals surface area contributed by atoms with E-state index in [0.717, 1.165) is 13.0 Å². The van der Waals surface area contributed by atoms with Gasteiger partial charge in [-0.05, 0) is 42.4 Å². The topological polar surface area (TPSA) is 12.0 Å². The SMILES string of the molecule is C=CCC1(NCc2ccccc2)CCCc2ccccc21. The zero-order valence-corrected chi connectivity index (χ0v) is 12.5. The maximum absolute atomic E-state index is 3.99. The average molecular weight is 277 g/mol. The summed E-state index contributed by atoms with van der Waals surface area (Å²) in [5, 5.41) is 3.84. The Morgan fingerprint density at radius 1 is 1.05 bits per heavy atom. The number of rotatable bonds is 5. The Labute approximate surface area is 127 Å². The van der Waals surface area contributed by atoms with E-state index in [0.29, 0.717) is 0 Å². The summed E-state index contributed by atoms with van der Waals surface area (Å²) >= 11 is 0. The van der Waals surface area contributed by atoms with Gasteiger partial charge in [-0.1, -0.05) is 60.7 Å². The van der Waals surface area contributed by atoms with Gasteiger partial charge in [-0.2, -0.15) is 0 Å². The van der Waals surface area contributed by atoms with E-state index in [-0.39, 0.29) is 5.54 Å². The van der Waals surface area contributed by atoms with Crippen LogP contribution in [0.4, 0.5) is 0 Å². The van der Waals surface area contributed by atoms with Crippen LogP contribution in [0.15, 0.2) is 67.3 Å². The summed E-state index contributed by atoms with van der Waals surface area (Å²) < 4.78 is 0. The summed E-state index contributed by atoms with van der Waals surface area (Å²) in [7, 11) is 0. The van der Waals surface area contributed by atoms with Crippen LogP contribution in [-0.2, 0) is 18.5 Å². The average Bonchev–Trinajstić information content (AvgIpc) is 2.55. The first-order valence-corrected chi connectivity index (χ1v) is 7.82. The summed E-state index contributed by atoms with van der Waals surface area (Å²) in [6.45, 7) is 4.89. The lowest BCUT2D eigenvalue weighted by Crippen LogP contribution is -2.44. The van der Waals surface area contributed by atoms with Gasteiger partial charge in [0, 0.05) is 12.1 Å². The number of fused-ring (bicyclic) bond motifs is 1. The molecule has 0 saturated carbocycles. The second-order valence-corrected chi connectivity index (χ2v) is 5.92. The summed E-state index contributed by atoms with van der Waals surface area (Å²) in [5.74, 6) is 0. The molecule has 3 rings (SSSR count). The molecule has 2 aromatic rings. The van der Waals surface area contributed by atoms with Crippen LogP contribution in [0.25, 0.3) is 0 Å². The predicted molar refractivity (Wildman–Crippen MR) is 89.2 cm³/mol. The van der Waals surface area contributed by atoms with E-state index in [1.807, 2.05) is 0 Å². The lowest BCUT2D eigenvalue weighted by Gasteiger charge is -2.40. The predicted octanol–water partition coefficient (Wildman–Crippen LogP) is 4.58. The van der Waals surface area contributed by atoms with E-state index in [1.54, 1.807) is 0 Å². The summed E-state index contributed by atoms with van der Waals surface area (Å²) in [6.07, 6.45) is 6.66. The van der Waals surface area contributed by atoms with Crippen molar-refractivity contribution in [2.45, 2.75) is 37.8 Å². The van der Waals surface area contributed by atoms with Crippen LogP contribution in [-0.4, -0.2) is 0 Å². The molecular formula is C20H23N. The van der Waals surface area contributed by atoms with Gasteiger partial charge < -0.3 is 5.32 Å². The highest BCUT2D eigenvalue weighted by Gasteiger charge is 2.34. The maximum atomic E-state index is 3.99. The third kappa shape index (κ3) is 2.93. The molecule has 0 bridgehead atoms. The van der Waals surface area contributed by atoms with Crippen molar-refractivity contribution in [1.29, 1.82) is 0 Å². The fraction of sp³-hybridized carbons (Fsp3) is 0.300. The molecule has 0 aromatic heterocycles. The Hall–Kier alpha value is -1.86. The molecule has 21 heavy (non-hydrogen) atoms. The van der Waals surface area contributed by atoms with E-state index < -0.39 is 0 Å². The van der Waals surface area contributed by atoms with Crippen LogP contribution in [0.2, 0.25) is 0 Å². The van der Waals surface area contributed by atoms with Gasteiger partial charge in [-0.3, -0.25) is 0 Å². The molecular weight excluding hydrogens is 254 g/mol. The first kappa shape index (κ1) is 14.1. The van der Waals surface area contributed by atoms with Crippen LogP contribution in [0, 0.1) is 0 Å². The highest BCUT2D eigenvalue weighted by atomic mass is 15.0. The number of aryl methyl sites for hydroxylation is 1. The molecule has 0 radical (unpaired) electrons. The standard InChI is InChI=1S/C20H23N/c1-2-14-20(21-16-17-9-4-3-5-10-17)15-8-12-18-11-6-7-13-19(18)20/h2-7,9-11,13,21H,1,8,12,14-16H2. The summed E-state index contributed by atoms with van der Waals surface area (Å²) in [5.41, 5.74) is 4.34. The van der Waals surface area contributed by atoms with Crippen LogP contribution in [0.3, 0.4) is 0 Å². The smallest absolute Gasteiger partial charge is 0.0474 e. The monoisotopic (exact) mass is 277 g/mol. The van der Waals surface area contributed by atoms with Crippen molar-refractivity contribution < 1.29 is 0 Å². The minimum Gasteiger partial charge on any atom is -0.303 e. The van der Waals surface area contributed by atoms with Crippen molar-refractivity contribution in [3.05, 3.63) is 83.9 Å². The Kier molecular flexibility index (Phi) is 4.21. The molecule has 108 valence electrons. The van der Waals surface area contributed by atoms with Gasteiger partial charge in [0.15, 0.2) is 0 Å². The van der Waals surface area contributed by atoms with Crippen molar-refractivity contribution >= 4 is 0 Å². The molecule has 0 aliphatic heterocycles. The Bertz CT molecular complexity index is 602. The summed E-state index contributed by atoms with van der Waals surface area (Å²) in [4.78, 5) is 0. The third-order valence-corrected chi connectivity index (χ3v) is 4.55. The van der Waals surface area contributed by atoms with Gasteiger partial charge in [-0.25, -0.2) is 0 Å². The molecule has 1 heteroatoms. The number of benzene rings is 2. The van der Waals surface area contributed by atoms with Crippen LogP contribution in [0.1, 0.15) is 36.0 Å². The second-order valence-electron chi connectivity index (χ2n) is 5.92. The molecule has 1 nitrogen and oxygen atoms in total. The van der Waals surface area contributed by atoms with Crippen LogP contribution < -0.4 is 5.32 Å². The van der Waals surface area contributed by atoms with Gasteiger partial charge in [0.05, 0.1) is 0 Å². The highest BCUT2D eigenvalue weighted by Crippen LogP contribution is 2.38. The fourth-order valence-electron chi connectivity index (χ4n) is 3.50. The molecule has 1 atom stereocenters. The molecule has 2 aromatic carbocycles. The first-order chi connectivity index (χ1) is 10.3. The van der Waals surface area contributed by atoms with E-state index in [1.165, 1.54) is 36.0 Å². The minimum absolute atomic E-state index is 0.0481. The molecule has 1 aliphatic rings. The van der Waals surface area contributed by atoms with E-state index in [9.17, 15) is 0 Å². The summed E-state index contributed by atoms with van der Waals surface area (Å²) in [6, 6.07) is 19.5. The van der Waals surface area contributed by atoms with Gasteiger partial charge in [0.1, 0.15) is 0 Å². The molecule has 1 aliphatic carbocycles. The van der Waals surface area contributed by atoms with Crippen molar-refractivity contribution in [2.75, 3.05) is 0 Å². The quantitative estimate of drug-likeness (QED) is 0.789. The van der Waals surface area contributed by atoms with Gasteiger partial charge >= 0.3 is 0 Å². The molecule has 0 heterocycles. The highest BCUT2D eigenvalue weighted by molar-refractivity contribution is 5.37. The van der Waals surface area contributed by atoms with Crippen LogP contribution >= 0.6 is 0 Å². The van der Waals surface area contributed by atoms with Crippen molar-refractivity contribution in [1.82, 2.24) is 5.32 Å². The van der Waals surface area contributed by atoms with E-state index in [2.05, 4.69) is 72.6 Å². The molecule has 0 saturated heterocycles. The zero-order chi connectivity index (χ0) is 14.5. The normalized spacial score (nSPS) is 20.8. The van der Waals surface area contributed by atoms with Crippen molar-refractivity contribution in [3.63, 3.8) is 0 Å². The van der Waals surface area contributed by atoms with Crippen molar-refractivity contribution in [2.24, 2.45) is 0 Å². The Morgan fingerprint density at radius 3 is 2.62 bits per heavy atom. The first-order valence-electron chi connectivity index (χ1n) is 7.82. The van der Waals surface area contributed by atoms with E-state index in [4.69, 9.17) is 0 Å². The van der Waals surface area contributed by atoms with Crippen LogP contribution in [0.5, 0.6) is 0 Å². The van der Waals surface area contributed by atoms with Gasteiger partial charge in [0.2, 0.25) is 0 Å². The Morgan fingerprint density at radius 2 is 1.81 bits per heavy atom. The fourth-order valence-corrected chi connectivity index (χ4v) is 3.50. The number of nitrogens with one attached hydrogen (secondary N) is 1. The molecule has 0 fully saturated rings.